The Morgan fingerprint density at radius 1 is 0.920 bits per heavy atom. The van der Waals surface area contributed by atoms with Crippen LogP contribution in [0.25, 0.3) is 0 Å². The van der Waals surface area contributed by atoms with Crippen LogP contribution in [0.1, 0.15) is 62.3 Å². The maximum absolute atomic E-state index is 12.1. The molecule has 9 heteroatoms. The van der Waals surface area contributed by atoms with Crippen LogP contribution in [-0.4, -0.2) is 65.7 Å². The summed E-state index contributed by atoms with van der Waals surface area (Å²) >= 11 is 0. The maximum atomic E-state index is 12.1. The first-order valence-corrected chi connectivity index (χ1v) is 8.62. The second-order valence-corrected chi connectivity index (χ2v) is 8.58. The van der Waals surface area contributed by atoms with Gasteiger partial charge in [0.15, 0.2) is 0 Å². The SMILES string of the molecule is CC(C)(C)OC(=O)c1ccc(C(=O)OC(C)(C)C)c(S(=O)(=O)O)c1.[NaH]. The Bertz CT molecular complexity index is 756. The predicted molar refractivity (Wildman–Crippen MR) is 93.7 cm³/mol. The van der Waals surface area contributed by atoms with Gasteiger partial charge in [-0.1, -0.05) is 0 Å². The molecular formula is C16H23NaO7S. The standard InChI is InChI=1S/C16H22O7S.Na.H/c1-15(2,3)22-13(17)10-7-8-11(12(9-10)24(19,20)21)14(18)23-16(4,5)6;;/h7-9H,1-6H3,(H,19,20,21);;. The molecule has 0 bridgehead atoms. The van der Waals surface area contributed by atoms with Crippen molar-refractivity contribution in [3.05, 3.63) is 29.3 Å². The molecule has 1 aromatic rings. The van der Waals surface area contributed by atoms with Gasteiger partial charge in [0, 0.05) is 0 Å². The molecule has 136 valence electrons. The third-order valence-electron chi connectivity index (χ3n) is 2.51. The summed E-state index contributed by atoms with van der Waals surface area (Å²) in [4.78, 5) is 23.5. The molecule has 0 fully saturated rings. The molecule has 0 saturated heterocycles. The first-order chi connectivity index (χ1) is 10.6. The van der Waals surface area contributed by atoms with Gasteiger partial charge in [-0.05, 0) is 59.7 Å². The van der Waals surface area contributed by atoms with E-state index < -0.39 is 38.2 Å². The fourth-order valence-corrected chi connectivity index (χ4v) is 2.41. The quantitative estimate of drug-likeness (QED) is 0.485. The van der Waals surface area contributed by atoms with Crippen LogP contribution >= 0.6 is 0 Å². The van der Waals surface area contributed by atoms with Crippen molar-refractivity contribution in [2.24, 2.45) is 0 Å². The molecule has 0 aliphatic heterocycles. The number of hydrogen-bond acceptors (Lipinski definition) is 6. The first kappa shape index (κ1) is 24.1. The summed E-state index contributed by atoms with van der Waals surface area (Å²) in [5, 5.41) is 0. The Morgan fingerprint density at radius 3 is 1.76 bits per heavy atom. The van der Waals surface area contributed by atoms with Crippen molar-refractivity contribution < 1.29 is 32.0 Å². The third kappa shape index (κ3) is 7.87. The molecule has 0 aliphatic rings. The molecule has 1 rings (SSSR count). The second-order valence-electron chi connectivity index (χ2n) is 7.19. The van der Waals surface area contributed by atoms with E-state index in [0.29, 0.717) is 0 Å². The number of esters is 2. The van der Waals surface area contributed by atoms with Gasteiger partial charge in [0.2, 0.25) is 0 Å². The molecule has 0 spiro atoms. The fourth-order valence-electron chi connectivity index (χ4n) is 1.70. The number of carbonyl (C=O) groups is 2. The van der Waals surface area contributed by atoms with Gasteiger partial charge < -0.3 is 9.47 Å². The van der Waals surface area contributed by atoms with E-state index in [1.54, 1.807) is 41.5 Å². The normalized spacial score (nSPS) is 12.1. The second kappa shape index (κ2) is 8.18. The number of carbonyl (C=O) groups excluding carboxylic acids is 2. The molecule has 0 amide bonds. The van der Waals surface area contributed by atoms with Crippen molar-refractivity contribution in [2.75, 3.05) is 0 Å². The zero-order valence-electron chi connectivity index (χ0n) is 14.5. The Morgan fingerprint density at radius 2 is 1.36 bits per heavy atom. The molecule has 0 unspecified atom stereocenters. The summed E-state index contributed by atoms with van der Waals surface area (Å²) < 4.78 is 42.8. The van der Waals surface area contributed by atoms with Gasteiger partial charge in [0.25, 0.3) is 10.1 Å². The first-order valence-electron chi connectivity index (χ1n) is 7.18. The molecule has 0 saturated carbocycles. The number of benzene rings is 1. The van der Waals surface area contributed by atoms with E-state index in [9.17, 15) is 22.6 Å². The Balaban J connectivity index is 0.00000576. The molecule has 0 aliphatic carbocycles. The van der Waals surface area contributed by atoms with Crippen molar-refractivity contribution in [1.82, 2.24) is 0 Å². The third-order valence-corrected chi connectivity index (χ3v) is 3.41. The van der Waals surface area contributed by atoms with Crippen LogP contribution in [0.5, 0.6) is 0 Å². The van der Waals surface area contributed by atoms with Crippen molar-refractivity contribution in [1.29, 1.82) is 0 Å². The van der Waals surface area contributed by atoms with Crippen molar-refractivity contribution in [2.45, 2.75) is 57.6 Å². The van der Waals surface area contributed by atoms with Gasteiger partial charge in [0.05, 0.1) is 11.1 Å². The van der Waals surface area contributed by atoms with Crippen LogP contribution in [0, 0.1) is 0 Å². The van der Waals surface area contributed by atoms with Gasteiger partial charge in [0.1, 0.15) is 16.1 Å². The average molecular weight is 382 g/mol. The zero-order chi connectivity index (χ0) is 18.9. The van der Waals surface area contributed by atoms with Crippen LogP contribution in [0.15, 0.2) is 23.1 Å². The molecular weight excluding hydrogens is 359 g/mol. The molecule has 0 radical (unpaired) electrons. The zero-order valence-corrected chi connectivity index (χ0v) is 15.4. The van der Waals surface area contributed by atoms with E-state index >= 15 is 0 Å². The van der Waals surface area contributed by atoms with E-state index in [1.165, 1.54) is 6.07 Å². The van der Waals surface area contributed by atoms with Crippen LogP contribution in [0.3, 0.4) is 0 Å². The topological polar surface area (TPSA) is 107 Å². The van der Waals surface area contributed by atoms with Gasteiger partial charge in [-0.2, -0.15) is 8.42 Å². The Hall–Kier alpha value is -0.930. The minimum absolute atomic E-state index is 0. The molecule has 7 nitrogen and oxygen atoms in total. The van der Waals surface area contributed by atoms with Gasteiger partial charge >= 0.3 is 41.5 Å². The summed E-state index contributed by atoms with van der Waals surface area (Å²) in [5.41, 5.74) is -2.10. The van der Waals surface area contributed by atoms with E-state index in [0.717, 1.165) is 12.1 Å². The van der Waals surface area contributed by atoms with Gasteiger partial charge in [-0.25, -0.2) is 9.59 Å². The number of ether oxygens (including phenoxy) is 2. The van der Waals surface area contributed by atoms with Crippen LogP contribution < -0.4 is 0 Å². The van der Waals surface area contributed by atoms with E-state index in [2.05, 4.69) is 0 Å². The van der Waals surface area contributed by atoms with E-state index in [1.807, 2.05) is 0 Å². The number of hydrogen-bond donors (Lipinski definition) is 1. The van der Waals surface area contributed by atoms with E-state index in [4.69, 9.17) is 9.47 Å². The average Bonchev–Trinajstić information content (AvgIpc) is 2.32. The molecule has 0 heterocycles. The molecule has 25 heavy (non-hydrogen) atoms. The Labute approximate surface area is 170 Å². The van der Waals surface area contributed by atoms with E-state index in [-0.39, 0.29) is 40.7 Å². The molecule has 0 atom stereocenters. The monoisotopic (exact) mass is 382 g/mol. The summed E-state index contributed by atoms with van der Waals surface area (Å²) in [7, 11) is -4.74. The summed E-state index contributed by atoms with van der Waals surface area (Å²) in [5.74, 6) is -1.70. The van der Waals surface area contributed by atoms with Crippen molar-refractivity contribution >= 4 is 51.6 Å². The van der Waals surface area contributed by atoms with Crippen molar-refractivity contribution in [3.63, 3.8) is 0 Å². The molecule has 1 aromatic carbocycles. The van der Waals surface area contributed by atoms with Crippen LogP contribution in [0.4, 0.5) is 0 Å². The predicted octanol–water partition coefficient (Wildman–Crippen LogP) is 2.20. The fraction of sp³-hybridized carbons (Fsp3) is 0.500. The summed E-state index contributed by atoms with van der Waals surface area (Å²) in [6, 6.07) is 3.24. The van der Waals surface area contributed by atoms with Crippen molar-refractivity contribution in [3.8, 4) is 0 Å². The minimum atomic E-state index is -4.74. The van der Waals surface area contributed by atoms with Crippen LogP contribution in [-0.2, 0) is 19.6 Å². The summed E-state index contributed by atoms with van der Waals surface area (Å²) in [6.45, 7) is 9.82. The van der Waals surface area contributed by atoms with Gasteiger partial charge in [-0.3, -0.25) is 4.55 Å². The molecule has 0 aromatic heterocycles. The van der Waals surface area contributed by atoms with Crippen LogP contribution in [0.2, 0.25) is 0 Å². The molecule has 1 N–H and O–H groups in total. The Kier molecular flexibility index (Phi) is 7.87. The summed E-state index contributed by atoms with van der Waals surface area (Å²) in [6.07, 6.45) is 0. The number of rotatable bonds is 3. The van der Waals surface area contributed by atoms with Gasteiger partial charge in [-0.15, -0.1) is 0 Å².